The molecule has 5 nitrogen and oxygen atoms in total. The third kappa shape index (κ3) is 2.44. The molecule has 0 radical (unpaired) electrons. The fourth-order valence-electron chi connectivity index (χ4n) is 3.36. The van der Waals surface area contributed by atoms with Crippen LogP contribution in [0.2, 0.25) is 5.02 Å². The fraction of sp³-hybridized carbons (Fsp3) is 0.571. The molecule has 1 aromatic carbocycles. The summed E-state index contributed by atoms with van der Waals surface area (Å²) >= 11 is 6.05. The molecule has 1 heterocycles. The van der Waals surface area contributed by atoms with Crippen LogP contribution < -0.4 is 5.73 Å². The van der Waals surface area contributed by atoms with Crippen LogP contribution in [0, 0.1) is 18.8 Å². The summed E-state index contributed by atoms with van der Waals surface area (Å²) in [6.45, 7) is 2.60. The van der Waals surface area contributed by atoms with Gasteiger partial charge in [-0.15, -0.1) is 0 Å². The van der Waals surface area contributed by atoms with E-state index < -0.39 is 10.0 Å². The van der Waals surface area contributed by atoms with Crippen molar-refractivity contribution >= 4 is 27.3 Å². The summed E-state index contributed by atoms with van der Waals surface area (Å²) in [5.41, 5.74) is 6.88. The monoisotopic (exact) mass is 330 g/mol. The highest BCUT2D eigenvalue weighted by molar-refractivity contribution is 7.89. The number of halogens is 1. The van der Waals surface area contributed by atoms with Gasteiger partial charge >= 0.3 is 0 Å². The number of nitrogen functional groups attached to an aromatic ring is 1. The number of fused-ring (bicyclic) bond motifs is 1. The molecule has 3 N–H and O–H groups in total. The minimum atomic E-state index is -3.61. The van der Waals surface area contributed by atoms with Gasteiger partial charge in [-0.05, 0) is 43.4 Å². The fourth-order valence-corrected chi connectivity index (χ4v) is 5.25. The van der Waals surface area contributed by atoms with E-state index in [1.807, 2.05) is 0 Å². The third-order valence-electron chi connectivity index (χ3n) is 4.78. The average Bonchev–Trinajstić information content (AvgIpc) is 2.98. The van der Waals surface area contributed by atoms with Crippen LogP contribution in [-0.4, -0.2) is 37.0 Å². The molecule has 116 valence electrons. The van der Waals surface area contributed by atoms with Crippen LogP contribution in [0.15, 0.2) is 17.0 Å². The molecule has 3 atom stereocenters. The van der Waals surface area contributed by atoms with Crippen LogP contribution in [0.3, 0.4) is 0 Å². The first-order chi connectivity index (χ1) is 9.80. The van der Waals surface area contributed by atoms with Crippen molar-refractivity contribution in [1.82, 2.24) is 4.31 Å². The second-order valence-electron chi connectivity index (χ2n) is 6.01. The molecule has 1 saturated heterocycles. The minimum absolute atomic E-state index is 0.0537. The zero-order chi connectivity index (χ0) is 15.4. The van der Waals surface area contributed by atoms with Crippen LogP contribution in [0.1, 0.15) is 18.4 Å². The van der Waals surface area contributed by atoms with E-state index in [0.29, 0.717) is 29.4 Å². The van der Waals surface area contributed by atoms with Gasteiger partial charge in [0.1, 0.15) is 0 Å². The topological polar surface area (TPSA) is 83.6 Å². The summed E-state index contributed by atoms with van der Waals surface area (Å²) in [7, 11) is -3.61. The molecule has 1 aromatic rings. The van der Waals surface area contributed by atoms with Gasteiger partial charge in [-0.3, -0.25) is 0 Å². The Balaban J connectivity index is 1.92. The average molecular weight is 331 g/mol. The van der Waals surface area contributed by atoms with Crippen LogP contribution in [0.25, 0.3) is 0 Å². The Hall–Kier alpha value is -0.820. The van der Waals surface area contributed by atoms with E-state index in [9.17, 15) is 13.5 Å². The summed E-state index contributed by atoms with van der Waals surface area (Å²) in [5.74, 6) is 0.311. The number of nitrogens with two attached hydrogens (primary N) is 1. The van der Waals surface area contributed by atoms with Gasteiger partial charge in [-0.2, -0.15) is 4.31 Å². The number of anilines is 1. The number of nitrogens with zero attached hydrogens (tertiary/aromatic N) is 1. The molecule has 1 aliphatic heterocycles. The number of rotatable bonds is 2. The number of aliphatic hydroxyl groups is 1. The van der Waals surface area contributed by atoms with Gasteiger partial charge in [0.05, 0.1) is 11.0 Å². The maximum Gasteiger partial charge on any atom is 0.243 e. The number of aliphatic hydroxyl groups excluding tert-OH is 1. The van der Waals surface area contributed by atoms with E-state index in [-0.39, 0.29) is 22.8 Å². The smallest absolute Gasteiger partial charge is 0.243 e. The Morgan fingerprint density at radius 3 is 2.67 bits per heavy atom. The lowest BCUT2D eigenvalue weighted by atomic mass is 10.00. The Morgan fingerprint density at radius 2 is 2.05 bits per heavy atom. The van der Waals surface area contributed by atoms with Crippen LogP contribution in [0.5, 0.6) is 0 Å². The molecule has 1 saturated carbocycles. The van der Waals surface area contributed by atoms with Gasteiger partial charge in [-0.25, -0.2) is 8.42 Å². The molecule has 2 aliphatic rings. The van der Waals surface area contributed by atoms with Crippen molar-refractivity contribution < 1.29 is 13.5 Å². The Labute approximate surface area is 129 Å². The summed E-state index contributed by atoms with van der Waals surface area (Å²) in [4.78, 5) is 0.130. The van der Waals surface area contributed by atoms with Crippen molar-refractivity contribution in [3.05, 3.63) is 22.7 Å². The maximum absolute atomic E-state index is 12.7. The molecule has 3 unspecified atom stereocenters. The van der Waals surface area contributed by atoms with E-state index in [1.54, 1.807) is 6.92 Å². The van der Waals surface area contributed by atoms with Crippen LogP contribution >= 0.6 is 11.6 Å². The zero-order valence-electron chi connectivity index (χ0n) is 11.8. The normalized spacial score (nSPS) is 29.8. The molecule has 7 heteroatoms. The van der Waals surface area contributed by atoms with Crippen molar-refractivity contribution in [1.29, 1.82) is 0 Å². The summed E-state index contributed by atoms with van der Waals surface area (Å²) < 4.78 is 26.9. The largest absolute Gasteiger partial charge is 0.398 e. The first kappa shape index (κ1) is 15.1. The second kappa shape index (κ2) is 5.12. The van der Waals surface area contributed by atoms with Gasteiger partial charge in [0.2, 0.25) is 10.0 Å². The van der Waals surface area contributed by atoms with Crippen LogP contribution in [-0.2, 0) is 10.0 Å². The lowest BCUT2D eigenvalue weighted by Gasteiger charge is -2.19. The standard InChI is InChI=1S/C14H19ClN2O3S/c1-8-12(15)4-10(5-13(8)16)21(19,20)17-6-9-2-3-14(18)11(9)7-17/h4-5,9,11,14,18H,2-3,6-7,16H2,1H3. The second-order valence-corrected chi connectivity index (χ2v) is 8.36. The third-order valence-corrected chi connectivity index (χ3v) is 6.98. The van der Waals surface area contributed by atoms with Gasteiger partial charge in [0.15, 0.2) is 0 Å². The van der Waals surface area contributed by atoms with E-state index in [4.69, 9.17) is 17.3 Å². The first-order valence-corrected chi connectivity index (χ1v) is 8.86. The molecule has 0 amide bonds. The lowest BCUT2D eigenvalue weighted by molar-refractivity contribution is 0.129. The van der Waals surface area contributed by atoms with Crippen molar-refractivity contribution in [2.45, 2.75) is 30.8 Å². The molecular weight excluding hydrogens is 312 g/mol. The van der Waals surface area contributed by atoms with Gasteiger partial charge in [-0.1, -0.05) is 11.6 Å². The Morgan fingerprint density at radius 1 is 1.33 bits per heavy atom. The number of sulfonamides is 1. The van der Waals surface area contributed by atoms with E-state index in [0.717, 1.165) is 12.8 Å². The van der Waals surface area contributed by atoms with Gasteiger partial charge in [0, 0.05) is 29.7 Å². The van der Waals surface area contributed by atoms with Gasteiger partial charge in [0.25, 0.3) is 0 Å². The predicted octanol–water partition coefficient (Wildman–Crippen LogP) is 1.62. The molecule has 21 heavy (non-hydrogen) atoms. The predicted molar refractivity (Wildman–Crippen MR) is 81.6 cm³/mol. The summed E-state index contributed by atoms with van der Waals surface area (Å²) in [6, 6.07) is 2.91. The highest BCUT2D eigenvalue weighted by Gasteiger charge is 2.45. The first-order valence-electron chi connectivity index (χ1n) is 7.04. The van der Waals surface area contributed by atoms with Crippen molar-refractivity contribution in [2.75, 3.05) is 18.8 Å². The summed E-state index contributed by atoms with van der Waals surface area (Å²) in [6.07, 6.45) is 1.27. The molecule has 1 aliphatic carbocycles. The molecule has 0 spiro atoms. The highest BCUT2D eigenvalue weighted by atomic mass is 35.5. The van der Waals surface area contributed by atoms with Gasteiger partial charge < -0.3 is 10.8 Å². The van der Waals surface area contributed by atoms with E-state index in [1.165, 1.54) is 16.4 Å². The van der Waals surface area contributed by atoms with Crippen LogP contribution in [0.4, 0.5) is 5.69 Å². The Kier molecular flexibility index (Phi) is 3.68. The van der Waals surface area contributed by atoms with E-state index in [2.05, 4.69) is 0 Å². The van der Waals surface area contributed by atoms with Crippen molar-refractivity contribution in [3.8, 4) is 0 Å². The summed E-state index contributed by atoms with van der Waals surface area (Å²) in [5, 5.41) is 10.3. The van der Waals surface area contributed by atoms with Crippen molar-refractivity contribution in [2.24, 2.45) is 11.8 Å². The molecule has 3 rings (SSSR count). The number of hydrogen-bond acceptors (Lipinski definition) is 4. The quantitative estimate of drug-likeness (QED) is 0.807. The molecule has 0 aromatic heterocycles. The highest BCUT2D eigenvalue weighted by Crippen LogP contribution is 2.40. The number of benzene rings is 1. The molecule has 0 bridgehead atoms. The number of hydrogen-bond donors (Lipinski definition) is 2. The van der Waals surface area contributed by atoms with E-state index >= 15 is 0 Å². The lowest BCUT2D eigenvalue weighted by Crippen LogP contribution is -2.31. The van der Waals surface area contributed by atoms with Crippen molar-refractivity contribution in [3.63, 3.8) is 0 Å². The molecular formula is C14H19ClN2O3S. The zero-order valence-corrected chi connectivity index (χ0v) is 13.4. The maximum atomic E-state index is 12.7. The minimum Gasteiger partial charge on any atom is -0.398 e. The molecule has 2 fully saturated rings. The SMILES string of the molecule is Cc1c(N)cc(S(=O)(=O)N2CC3CCC(O)C3C2)cc1Cl. The Bertz CT molecular complexity index is 654.